The van der Waals surface area contributed by atoms with Crippen LogP contribution in [-0.2, 0) is 0 Å². The predicted molar refractivity (Wildman–Crippen MR) is 59.2 cm³/mol. The summed E-state index contributed by atoms with van der Waals surface area (Å²) in [7, 11) is 0. The Morgan fingerprint density at radius 1 is 1.54 bits per heavy atom. The Labute approximate surface area is 87.5 Å². The molecule has 0 aliphatic carbocycles. The number of aryl methyl sites for hydroxylation is 1. The fraction of sp³-hybridized carbons (Fsp3) is 0.273. The van der Waals surface area contributed by atoms with Gasteiger partial charge in [0.25, 0.3) is 0 Å². The first-order chi connectivity index (χ1) is 6.13. The molecule has 0 amide bonds. The molecule has 0 fully saturated rings. The number of halogens is 1. The Hall–Kier alpha value is -0.760. The van der Waals surface area contributed by atoms with Crippen LogP contribution in [0.3, 0.4) is 0 Å². The summed E-state index contributed by atoms with van der Waals surface area (Å²) in [6, 6.07) is 6.01. The maximum Gasteiger partial charge on any atom is 0.134 e. The smallest absolute Gasteiger partial charge is 0.134 e. The average molecular weight is 241 g/mol. The van der Waals surface area contributed by atoms with Gasteiger partial charge in [-0.05, 0) is 47.5 Å². The van der Waals surface area contributed by atoms with Crippen LogP contribution in [0.25, 0.3) is 0 Å². The molecule has 1 nitrogen and oxygen atoms in total. The molecule has 0 aliphatic heterocycles. The van der Waals surface area contributed by atoms with Crippen molar-refractivity contribution in [2.45, 2.75) is 20.0 Å². The molecule has 0 aliphatic rings. The van der Waals surface area contributed by atoms with Crippen molar-refractivity contribution in [2.75, 3.05) is 0 Å². The lowest BCUT2D eigenvalue weighted by molar-refractivity contribution is 0.268. The third-order valence-corrected chi connectivity index (χ3v) is 2.35. The van der Waals surface area contributed by atoms with E-state index in [0.717, 1.165) is 10.2 Å². The van der Waals surface area contributed by atoms with Crippen molar-refractivity contribution in [3.63, 3.8) is 0 Å². The van der Waals surface area contributed by atoms with Crippen LogP contribution >= 0.6 is 15.9 Å². The van der Waals surface area contributed by atoms with E-state index in [9.17, 15) is 0 Å². The summed E-state index contributed by atoms with van der Waals surface area (Å²) in [6.45, 7) is 7.67. The van der Waals surface area contributed by atoms with E-state index in [-0.39, 0.29) is 6.10 Å². The highest BCUT2D eigenvalue weighted by Gasteiger charge is 2.03. The Bertz CT molecular complexity index is 307. The number of hydrogen-bond acceptors (Lipinski definition) is 1. The highest BCUT2D eigenvalue weighted by atomic mass is 79.9. The molecular weight excluding hydrogens is 228 g/mol. The van der Waals surface area contributed by atoms with Gasteiger partial charge in [-0.2, -0.15) is 0 Å². The van der Waals surface area contributed by atoms with E-state index in [4.69, 9.17) is 4.74 Å². The first-order valence-corrected chi connectivity index (χ1v) is 4.98. The molecule has 1 rings (SSSR count). The van der Waals surface area contributed by atoms with Gasteiger partial charge in [0.15, 0.2) is 0 Å². The highest BCUT2D eigenvalue weighted by molar-refractivity contribution is 9.10. The lowest BCUT2D eigenvalue weighted by Crippen LogP contribution is -2.07. The van der Waals surface area contributed by atoms with E-state index in [1.807, 2.05) is 32.0 Å². The van der Waals surface area contributed by atoms with E-state index in [1.165, 1.54) is 5.56 Å². The molecule has 0 radical (unpaired) electrons. The summed E-state index contributed by atoms with van der Waals surface area (Å²) < 4.78 is 6.57. The zero-order chi connectivity index (χ0) is 9.84. The predicted octanol–water partition coefficient (Wildman–Crippen LogP) is 3.71. The maximum absolute atomic E-state index is 5.58. The van der Waals surface area contributed by atoms with Crippen LogP contribution < -0.4 is 4.74 Å². The first-order valence-electron chi connectivity index (χ1n) is 4.19. The molecule has 2 heteroatoms. The minimum absolute atomic E-state index is 0.0407. The molecule has 0 aromatic heterocycles. The molecule has 70 valence electrons. The maximum atomic E-state index is 5.58. The van der Waals surface area contributed by atoms with Gasteiger partial charge in [-0.25, -0.2) is 0 Å². The zero-order valence-corrected chi connectivity index (χ0v) is 9.47. The van der Waals surface area contributed by atoms with Crippen LogP contribution in [0.2, 0.25) is 0 Å². The molecule has 0 N–H and O–H groups in total. The van der Waals surface area contributed by atoms with Gasteiger partial charge in [0.05, 0.1) is 4.47 Å². The van der Waals surface area contributed by atoms with Gasteiger partial charge in [0.1, 0.15) is 11.9 Å². The molecular formula is C11H13BrO. The second-order valence-electron chi connectivity index (χ2n) is 2.99. The van der Waals surface area contributed by atoms with Crippen LogP contribution in [0.5, 0.6) is 5.75 Å². The molecule has 0 spiro atoms. The molecule has 0 saturated heterocycles. The fourth-order valence-corrected chi connectivity index (χ4v) is 1.54. The monoisotopic (exact) mass is 240 g/mol. The van der Waals surface area contributed by atoms with E-state index >= 15 is 0 Å². The van der Waals surface area contributed by atoms with Crippen molar-refractivity contribution >= 4 is 15.9 Å². The molecule has 1 unspecified atom stereocenters. The lowest BCUT2D eigenvalue weighted by atomic mass is 10.2. The Balaban J connectivity index is 2.83. The Morgan fingerprint density at radius 2 is 2.23 bits per heavy atom. The lowest BCUT2D eigenvalue weighted by Gasteiger charge is -2.12. The van der Waals surface area contributed by atoms with Gasteiger partial charge in [-0.15, -0.1) is 0 Å². The average Bonchev–Trinajstić information content (AvgIpc) is 2.09. The van der Waals surface area contributed by atoms with Crippen molar-refractivity contribution in [1.29, 1.82) is 0 Å². The third-order valence-electron chi connectivity index (χ3n) is 1.73. The first kappa shape index (κ1) is 10.3. The van der Waals surface area contributed by atoms with Gasteiger partial charge in [0.2, 0.25) is 0 Å². The topological polar surface area (TPSA) is 9.23 Å². The number of hydrogen-bond donors (Lipinski definition) is 0. The SMILES string of the molecule is C=CC(C)Oc1ccc(C)cc1Br. The van der Waals surface area contributed by atoms with E-state index in [0.29, 0.717) is 0 Å². The second kappa shape index (κ2) is 4.47. The standard InChI is InChI=1S/C11H13BrO/c1-4-9(3)13-11-6-5-8(2)7-10(11)12/h4-7,9H,1H2,2-3H3. The summed E-state index contributed by atoms with van der Waals surface area (Å²) >= 11 is 3.45. The van der Waals surface area contributed by atoms with E-state index in [2.05, 4.69) is 22.5 Å². The van der Waals surface area contributed by atoms with Crippen molar-refractivity contribution < 1.29 is 4.74 Å². The number of rotatable bonds is 3. The number of ether oxygens (including phenoxy) is 1. The molecule has 13 heavy (non-hydrogen) atoms. The quantitative estimate of drug-likeness (QED) is 0.733. The van der Waals surface area contributed by atoms with E-state index < -0.39 is 0 Å². The van der Waals surface area contributed by atoms with E-state index in [1.54, 1.807) is 6.08 Å². The number of benzene rings is 1. The highest BCUT2D eigenvalue weighted by Crippen LogP contribution is 2.26. The van der Waals surface area contributed by atoms with Gasteiger partial charge in [-0.1, -0.05) is 18.7 Å². The van der Waals surface area contributed by atoms with Crippen LogP contribution in [0.1, 0.15) is 12.5 Å². The molecule has 0 bridgehead atoms. The largest absolute Gasteiger partial charge is 0.485 e. The summed E-state index contributed by atoms with van der Waals surface area (Å²) in [5.74, 6) is 0.859. The van der Waals surface area contributed by atoms with Crippen molar-refractivity contribution in [3.05, 3.63) is 40.9 Å². The Morgan fingerprint density at radius 3 is 2.77 bits per heavy atom. The van der Waals surface area contributed by atoms with Crippen LogP contribution in [0.15, 0.2) is 35.3 Å². The van der Waals surface area contributed by atoms with Crippen LogP contribution in [0.4, 0.5) is 0 Å². The second-order valence-corrected chi connectivity index (χ2v) is 3.85. The summed E-state index contributed by atoms with van der Waals surface area (Å²) in [6.07, 6.45) is 1.81. The molecule has 0 saturated carbocycles. The van der Waals surface area contributed by atoms with Gasteiger partial charge < -0.3 is 4.74 Å². The van der Waals surface area contributed by atoms with Crippen LogP contribution in [-0.4, -0.2) is 6.10 Å². The zero-order valence-electron chi connectivity index (χ0n) is 7.88. The van der Waals surface area contributed by atoms with Crippen LogP contribution in [0, 0.1) is 6.92 Å². The van der Waals surface area contributed by atoms with Crippen molar-refractivity contribution in [3.8, 4) is 5.75 Å². The molecule has 1 aromatic carbocycles. The summed E-state index contributed by atoms with van der Waals surface area (Å²) in [5.41, 5.74) is 1.21. The molecule has 1 aromatic rings. The summed E-state index contributed by atoms with van der Waals surface area (Å²) in [5, 5.41) is 0. The van der Waals surface area contributed by atoms with Gasteiger partial charge >= 0.3 is 0 Å². The van der Waals surface area contributed by atoms with Crippen molar-refractivity contribution in [2.24, 2.45) is 0 Å². The third kappa shape index (κ3) is 2.88. The Kier molecular flexibility index (Phi) is 3.55. The van der Waals surface area contributed by atoms with Gasteiger partial charge in [-0.3, -0.25) is 0 Å². The minimum Gasteiger partial charge on any atom is -0.485 e. The van der Waals surface area contributed by atoms with Crippen molar-refractivity contribution in [1.82, 2.24) is 0 Å². The summed E-state index contributed by atoms with van der Waals surface area (Å²) in [4.78, 5) is 0. The molecule has 1 atom stereocenters. The molecule has 0 heterocycles. The normalized spacial score (nSPS) is 12.2. The van der Waals surface area contributed by atoms with Gasteiger partial charge in [0, 0.05) is 0 Å². The minimum atomic E-state index is 0.0407. The fourth-order valence-electron chi connectivity index (χ4n) is 0.950.